The summed E-state index contributed by atoms with van der Waals surface area (Å²) in [7, 11) is 2.68. The maximum atomic E-state index is 11.0. The Morgan fingerprint density at radius 2 is 1.53 bits per heavy atom. The second-order valence-electron chi connectivity index (χ2n) is 6.69. The molecule has 3 N–H and O–H groups in total. The number of benzene rings is 2. The van der Waals surface area contributed by atoms with Gasteiger partial charge in [-0.15, -0.1) is 0 Å². The molecular formula is C22H27N3O7. The molecule has 10 nitrogen and oxygen atoms in total. The average Bonchev–Trinajstić information content (AvgIpc) is 2.75. The van der Waals surface area contributed by atoms with Crippen LogP contribution >= 0.6 is 0 Å². The zero-order valence-corrected chi connectivity index (χ0v) is 18.3. The zero-order valence-electron chi connectivity index (χ0n) is 18.3. The van der Waals surface area contributed by atoms with Crippen LogP contribution in [-0.4, -0.2) is 37.0 Å². The first kappa shape index (κ1) is 26.1. The zero-order chi connectivity index (χ0) is 24.1. The predicted molar refractivity (Wildman–Crippen MR) is 119 cm³/mol. The van der Waals surface area contributed by atoms with Crippen molar-refractivity contribution in [3.8, 4) is 0 Å². The topological polar surface area (TPSA) is 151 Å². The summed E-state index contributed by atoms with van der Waals surface area (Å²) in [6.07, 6.45) is 1.64. The van der Waals surface area contributed by atoms with Crippen LogP contribution in [-0.2, 0) is 36.7 Å². The molecule has 10 heteroatoms. The predicted octanol–water partition coefficient (Wildman–Crippen LogP) is 3.03. The molecule has 0 saturated carbocycles. The summed E-state index contributed by atoms with van der Waals surface area (Å²) in [6.45, 7) is 1.27. The van der Waals surface area contributed by atoms with E-state index in [0.717, 1.165) is 11.3 Å². The van der Waals surface area contributed by atoms with Gasteiger partial charge in [0.15, 0.2) is 0 Å². The molecule has 0 aromatic heterocycles. The second kappa shape index (κ2) is 13.4. The van der Waals surface area contributed by atoms with Crippen LogP contribution in [0.4, 0.5) is 17.1 Å². The number of nitrogens with zero attached hydrogens (tertiary/aromatic N) is 1. The third-order valence-corrected chi connectivity index (χ3v) is 4.21. The lowest BCUT2D eigenvalue weighted by Crippen LogP contribution is -2.09. The summed E-state index contributed by atoms with van der Waals surface area (Å²) in [5, 5.41) is 13.2. The standard InChI is InChI=1S/C12H14N2O5.C10H13NO2/c1-8(15)13-10-7-9(4-6-12(16)19-2)3-5-11(10)14(17)18;1-13-10(12)6-5-8-3-2-4-9(11)7-8/h3,5,7H,4,6H2,1-2H3,(H,13,15);2-4,7H,5-6,11H2,1H3. The van der Waals surface area contributed by atoms with E-state index in [4.69, 9.17) is 5.73 Å². The fourth-order valence-electron chi connectivity index (χ4n) is 2.63. The molecule has 0 radical (unpaired) electrons. The van der Waals surface area contributed by atoms with Gasteiger partial charge in [-0.25, -0.2) is 0 Å². The molecule has 0 heterocycles. The van der Waals surface area contributed by atoms with E-state index in [1.165, 1.54) is 33.3 Å². The van der Waals surface area contributed by atoms with Gasteiger partial charge in [0, 0.05) is 31.5 Å². The van der Waals surface area contributed by atoms with Crippen molar-refractivity contribution >= 4 is 34.9 Å². The van der Waals surface area contributed by atoms with E-state index in [0.29, 0.717) is 24.8 Å². The van der Waals surface area contributed by atoms with Gasteiger partial charge in [0.1, 0.15) is 5.69 Å². The van der Waals surface area contributed by atoms with Gasteiger partial charge in [-0.1, -0.05) is 18.2 Å². The minimum absolute atomic E-state index is 0.125. The Hall–Kier alpha value is -3.95. The highest BCUT2D eigenvalue weighted by molar-refractivity contribution is 5.91. The van der Waals surface area contributed by atoms with Gasteiger partial charge >= 0.3 is 11.9 Å². The summed E-state index contributed by atoms with van der Waals surface area (Å²) in [6, 6.07) is 11.8. The number of methoxy groups -OCH3 is 2. The molecule has 0 atom stereocenters. The molecule has 0 aliphatic heterocycles. The number of nitro groups is 1. The summed E-state index contributed by atoms with van der Waals surface area (Å²) < 4.78 is 9.04. The Balaban J connectivity index is 0.000000343. The number of nitrogen functional groups attached to an aromatic ring is 1. The number of aryl methyl sites for hydroxylation is 2. The molecule has 2 rings (SSSR count). The molecular weight excluding hydrogens is 418 g/mol. The minimum Gasteiger partial charge on any atom is -0.469 e. The Morgan fingerprint density at radius 1 is 0.969 bits per heavy atom. The van der Waals surface area contributed by atoms with E-state index in [9.17, 15) is 24.5 Å². The largest absolute Gasteiger partial charge is 0.469 e. The van der Waals surface area contributed by atoms with Crippen molar-refractivity contribution in [2.24, 2.45) is 0 Å². The molecule has 1 amide bonds. The lowest BCUT2D eigenvalue weighted by molar-refractivity contribution is -0.383. The van der Waals surface area contributed by atoms with E-state index in [2.05, 4.69) is 14.8 Å². The Kier molecular flexibility index (Phi) is 10.9. The third kappa shape index (κ3) is 9.70. The van der Waals surface area contributed by atoms with Crippen molar-refractivity contribution in [2.75, 3.05) is 25.3 Å². The van der Waals surface area contributed by atoms with Crippen molar-refractivity contribution in [3.63, 3.8) is 0 Å². The number of nitrogens with one attached hydrogen (secondary N) is 1. The number of hydrogen-bond donors (Lipinski definition) is 2. The van der Waals surface area contributed by atoms with Crippen LogP contribution in [0.3, 0.4) is 0 Å². The number of anilines is 2. The average molecular weight is 445 g/mol. The van der Waals surface area contributed by atoms with Crippen LogP contribution in [0.25, 0.3) is 0 Å². The van der Waals surface area contributed by atoms with Gasteiger partial charge in [-0.05, 0) is 42.2 Å². The van der Waals surface area contributed by atoms with Crippen molar-refractivity contribution in [3.05, 3.63) is 63.7 Å². The quantitative estimate of drug-likeness (QED) is 0.272. The van der Waals surface area contributed by atoms with Crippen molar-refractivity contribution in [1.29, 1.82) is 0 Å². The van der Waals surface area contributed by atoms with Gasteiger partial charge in [-0.2, -0.15) is 0 Å². The van der Waals surface area contributed by atoms with Gasteiger partial charge in [0.05, 0.1) is 19.1 Å². The summed E-state index contributed by atoms with van der Waals surface area (Å²) in [5.41, 5.74) is 8.02. The number of hydrogen-bond acceptors (Lipinski definition) is 8. The minimum atomic E-state index is -0.574. The fourth-order valence-corrected chi connectivity index (χ4v) is 2.63. The van der Waals surface area contributed by atoms with Gasteiger partial charge in [0.25, 0.3) is 5.69 Å². The monoisotopic (exact) mass is 445 g/mol. The molecule has 0 spiro atoms. The summed E-state index contributed by atoms with van der Waals surface area (Å²) in [4.78, 5) is 43.1. The number of ether oxygens (including phenoxy) is 2. The second-order valence-corrected chi connectivity index (χ2v) is 6.69. The molecule has 0 bridgehead atoms. The number of carbonyl (C=O) groups is 3. The molecule has 0 unspecified atom stereocenters. The molecule has 0 aliphatic rings. The Bertz CT molecular complexity index is 960. The number of nitrogens with two attached hydrogens (primary N) is 1. The number of carbonyl (C=O) groups excluding carboxylic acids is 3. The van der Waals surface area contributed by atoms with Crippen LogP contribution < -0.4 is 11.1 Å². The van der Waals surface area contributed by atoms with Crippen LogP contribution in [0.1, 0.15) is 30.9 Å². The van der Waals surface area contributed by atoms with Gasteiger partial charge in [-0.3, -0.25) is 24.5 Å². The fraction of sp³-hybridized carbons (Fsp3) is 0.318. The number of rotatable bonds is 8. The lowest BCUT2D eigenvalue weighted by atomic mass is 10.1. The third-order valence-electron chi connectivity index (χ3n) is 4.21. The van der Waals surface area contributed by atoms with Gasteiger partial charge in [0.2, 0.25) is 5.91 Å². The Labute approximate surface area is 185 Å². The molecule has 172 valence electrons. The normalized spacial score (nSPS) is 9.72. The lowest BCUT2D eigenvalue weighted by Gasteiger charge is -2.06. The van der Waals surface area contributed by atoms with E-state index in [-0.39, 0.29) is 29.7 Å². The maximum Gasteiger partial charge on any atom is 0.305 e. The first-order valence-corrected chi connectivity index (χ1v) is 9.69. The number of amides is 1. The highest BCUT2D eigenvalue weighted by atomic mass is 16.6. The molecule has 0 saturated heterocycles. The molecule has 2 aromatic carbocycles. The first-order valence-electron chi connectivity index (χ1n) is 9.69. The molecule has 0 fully saturated rings. The van der Waals surface area contributed by atoms with Crippen LogP contribution in [0.5, 0.6) is 0 Å². The van der Waals surface area contributed by atoms with Crippen LogP contribution in [0, 0.1) is 10.1 Å². The SMILES string of the molecule is COC(=O)CCc1ccc([N+](=O)[O-])c(NC(C)=O)c1.COC(=O)CCc1cccc(N)c1. The highest BCUT2D eigenvalue weighted by Gasteiger charge is 2.15. The number of nitro benzene ring substituents is 1. The highest BCUT2D eigenvalue weighted by Crippen LogP contribution is 2.26. The van der Waals surface area contributed by atoms with Crippen molar-refractivity contribution in [1.82, 2.24) is 0 Å². The smallest absolute Gasteiger partial charge is 0.305 e. The van der Waals surface area contributed by atoms with E-state index < -0.39 is 10.8 Å². The van der Waals surface area contributed by atoms with Crippen LogP contribution in [0.15, 0.2) is 42.5 Å². The molecule has 32 heavy (non-hydrogen) atoms. The molecule has 0 aliphatic carbocycles. The van der Waals surface area contributed by atoms with Crippen molar-refractivity contribution in [2.45, 2.75) is 32.6 Å². The summed E-state index contributed by atoms with van der Waals surface area (Å²) >= 11 is 0. The molecule has 2 aromatic rings. The first-order chi connectivity index (χ1) is 15.2. The van der Waals surface area contributed by atoms with Crippen molar-refractivity contribution < 1.29 is 28.8 Å². The van der Waals surface area contributed by atoms with E-state index in [1.54, 1.807) is 6.07 Å². The van der Waals surface area contributed by atoms with E-state index >= 15 is 0 Å². The van der Waals surface area contributed by atoms with Gasteiger partial charge < -0.3 is 20.5 Å². The Morgan fingerprint density at radius 3 is 2.00 bits per heavy atom. The number of esters is 2. The van der Waals surface area contributed by atoms with Crippen LogP contribution in [0.2, 0.25) is 0 Å². The maximum absolute atomic E-state index is 11.0. The van der Waals surface area contributed by atoms with E-state index in [1.807, 2.05) is 24.3 Å². The summed E-state index contributed by atoms with van der Waals surface area (Å²) in [5.74, 6) is -0.949.